The van der Waals surface area contributed by atoms with Gasteiger partial charge in [0.1, 0.15) is 11.4 Å². The third kappa shape index (κ3) is 2.63. The second-order valence-electron chi connectivity index (χ2n) is 4.11. The minimum atomic E-state index is -1.04. The molecular weight excluding hydrogens is 298 g/mol. The molecule has 8 heteroatoms. The van der Waals surface area contributed by atoms with Gasteiger partial charge in [0, 0.05) is 0 Å². The molecule has 0 aliphatic rings. The van der Waals surface area contributed by atoms with Crippen LogP contribution >= 0.6 is 11.3 Å². The van der Waals surface area contributed by atoms with Crippen molar-refractivity contribution in [3.05, 3.63) is 47.1 Å². The SMILES string of the molecule is NNc1nc(COc2cccc(F)c2F)nc2sccc12. The number of hydrazine groups is 1. The average molecular weight is 308 g/mol. The van der Waals surface area contributed by atoms with Gasteiger partial charge in [-0.1, -0.05) is 6.07 Å². The zero-order chi connectivity index (χ0) is 14.8. The van der Waals surface area contributed by atoms with E-state index in [0.29, 0.717) is 11.6 Å². The summed E-state index contributed by atoms with van der Waals surface area (Å²) in [7, 11) is 0. The van der Waals surface area contributed by atoms with Crippen LogP contribution in [0.5, 0.6) is 5.75 Å². The van der Waals surface area contributed by atoms with Gasteiger partial charge in [-0.15, -0.1) is 11.3 Å². The Labute approximate surface area is 122 Å². The highest BCUT2D eigenvalue weighted by molar-refractivity contribution is 7.16. The number of benzene rings is 1. The zero-order valence-corrected chi connectivity index (χ0v) is 11.5. The Kier molecular flexibility index (Phi) is 3.63. The van der Waals surface area contributed by atoms with E-state index in [1.165, 1.54) is 23.5 Å². The van der Waals surface area contributed by atoms with E-state index < -0.39 is 11.6 Å². The van der Waals surface area contributed by atoms with Crippen molar-refractivity contribution >= 4 is 27.4 Å². The number of halogens is 2. The molecule has 0 saturated heterocycles. The molecule has 5 nitrogen and oxygen atoms in total. The third-order valence-electron chi connectivity index (χ3n) is 2.78. The molecule has 0 fully saturated rings. The van der Waals surface area contributed by atoms with Crippen LogP contribution in [0.4, 0.5) is 14.6 Å². The van der Waals surface area contributed by atoms with Crippen molar-refractivity contribution in [2.24, 2.45) is 5.84 Å². The number of fused-ring (bicyclic) bond motifs is 1. The van der Waals surface area contributed by atoms with Gasteiger partial charge in [0.2, 0.25) is 5.82 Å². The fourth-order valence-corrected chi connectivity index (χ4v) is 2.59. The molecule has 108 valence electrons. The molecule has 0 aliphatic carbocycles. The first-order valence-corrected chi connectivity index (χ1v) is 6.84. The highest BCUT2D eigenvalue weighted by atomic mass is 32.1. The van der Waals surface area contributed by atoms with E-state index >= 15 is 0 Å². The summed E-state index contributed by atoms with van der Waals surface area (Å²) in [5.41, 5.74) is 2.48. The highest BCUT2D eigenvalue weighted by Gasteiger charge is 2.12. The van der Waals surface area contributed by atoms with E-state index in [-0.39, 0.29) is 12.4 Å². The maximum atomic E-state index is 13.5. The van der Waals surface area contributed by atoms with Crippen LogP contribution in [-0.4, -0.2) is 9.97 Å². The van der Waals surface area contributed by atoms with E-state index in [9.17, 15) is 8.78 Å². The number of nitrogens with one attached hydrogen (secondary N) is 1. The lowest BCUT2D eigenvalue weighted by atomic mass is 10.3. The molecule has 0 unspecified atom stereocenters. The molecule has 0 radical (unpaired) electrons. The monoisotopic (exact) mass is 308 g/mol. The van der Waals surface area contributed by atoms with Crippen molar-refractivity contribution in [1.29, 1.82) is 0 Å². The van der Waals surface area contributed by atoms with Crippen LogP contribution in [0.15, 0.2) is 29.6 Å². The number of hydrogen-bond donors (Lipinski definition) is 2. The largest absolute Gasteiger partial charge is 0.482 e. The predicted octanol–water partition coefficient (Wildman–Crippen LogP) is 2.83. The minimum Gasteiger partial charge on any atom is -0.482 e. The van der Waals surface area contributed by atoms with Gasteiger partial charge in [-0.2, -0.15) is 4.39 Å². The quantitative estimate of drug-likeness (QED) is 0.573. The zero-order valence-electron chi connectivity index (χ0n) is 10.6. The van der Waals surface area contributed by atoms with Crippen LogP contribution in [0, 0.1) is 11.6 Å². The van der Waals surface area contributed by atoms with Crippen LogP contribution in [-0.2, 0) is 6.61 Å². The Bertz CT molecular complexity index is 793. The van der Waals surface area contributed by atoms with Crippen LogP contribution in [0.25, 0.3) is 10.2 Å². The second-order valence-corrected chi connectivity index (χ2v) is 5.01. The summed E-state index contributed by atoms with van der Waals surface area (Å²) >= 11 is 1.42. The fraction of sp³-hybridized carbons (Fsp3) is 0.0769. The minimum absolute atomic E-state index is 0.0944. The Morgan fingerprint density at radius 2 is 2.10 bits per heavy atom. The van der Waals surface area contributed by atoms with Crippen molar-refractivity contribution in [2.75, 3.05) is 5.43 Å². The van der Waals surface area contributed by atoms with Gasteiger partial charge in [-0.25, -0.2) is 20.2 Å². The van der Waals surface area contributed by atoms with Gasteiger partial charge < -0.3 is 10.2 Å². The van der Waals surface area contributed by atoms with Crippen LogP contribution in [0.3, 0.4) is 0 Å². The number of aromatic nitrogens is 2. The lowest BCUT2D eigenvalue weighted by Crippen LogP contribution is -2.11. The normalized spacial score (nSPS) is 10.8. The third-order valence-corrected chi connectivity index (χ3v) is 3.59. The first-order chi connectivity index (χ1) is 10.2. The van der Waals surface area contributed by atoms with E-state index in [0.717, 1.165) is 16.3 Å². The Morgan fingerprint density at radius 1 is 1.24 bits per heavy atom. The summed E-state index contributed by atoms with van der Waals surface area (Å²) in [4.78, 5) is 9.19. The molecule has 2 aromatic heterocycles. The van der Waals surface area contributed by atoms with Crippen molar-refractivity contribution in [2.45, 2.75) is 6.61 Å². The first-order valence-electron chi connectivity index (χ1n) is 5.96. The van der Waals surface area contributed by atoms with Gasteiger partial charge in [0.25, 0.3) is 0 Å². The summed E-state index contributed by atoms with van der Waals surface area (Å²) < 4.78 is 31.8. The number of anilines is 1. The molecule has 0 atom stereocenters. The smallest absolute Gasteiger partial charge is 0.200 e. The first kappa shape index (κ1) is 13.7. The van der Waals surface area contributed by atoms with E-state index in [2.05, 4.69) is 15.4 Å². The molecule has 0 bridgehead atoms. The molecule has 0 saturated carbocycles. The van der Waals surface area contributed by atoms with Crippen molar-refractivity contribution < 1.29 is 13.5 Å². The van der Waals surface area contributed by atoms with Gasteiger partial charge >= 0.3 is 0 Å². The lowest BCUT2D eigenvalue weighted by molar-refractivity contribution is 0.276. The number of nitrogens with two attached hydrogens (primary N) is 1. The Balaban J connectivity index is 1.86. The summed E-state index contributed by atoms with van der Waals surface area (Å²) in [6.45, 7) is -0.0944. The Hall–Kier alpha value is -2.32. The molecule has 3 rings (SSSR count). The number of ether oxygens (including phenoxy) is 1. The van der Waals surface area contributed by atoms with Gasteiger partial charge in [0.05, 0.1) is 5.39 Å². The maximum Gasteiger partial charge on any atom is 0.200 e. The van der Waals surface area contributed by atoms with Crippen LogP contribution in [0.2, 0.25) is 0 Å². The lowest BCUT2D eigenvalue weighted by Gasteiger charge is -2.08. The number of nitrogen functional groups attached to an aromatic ring is 1. The summed E-state index contributed by atoms with van der Waals surface area (Å²) in [6.07, 6.45) is 0. The molecule has 21 heavy (non-hydrogen) atoms. The summed E-state index contributed by atoms with van der Waals surface area (Å²) in [6, 6.07) is 5.56. The summed E-state index contributed by atoms with van der Waals surface area (Å²) in [5, 5.41) is 2.65. The molecule has 3 aromatic rings. The van der Waals surface area contributed by atoms with E-state index in [1.54, 1.807) is 0 Å². The van der Waals surface area contributed by atoms with Crippen molar-refractivity contribution in [3.8, 4) is 5.75 Å². The van der Waals surface area contributed by atoms with Crippen molar-refractivity contribution in [1.82, 2.24) is 9.97 Å². The average Bonchev–Trinajstić information content (AvgIpc) is 2.96. The fourth-order valence-electron chi connectivity index (χ4n) is 1.81. The van der Waals surface area contributed by atoms with Gasteiger partial charge in [-0.3, -0.25) is 0 Å². The van der Waals surface area contributed by atoms with Gasteiger partial charge in [0.15, 0.2) is 23.2 Å². The van der Waals surface area contributed by atoms with Gasteiger partial charge in [-0.05, 0) is 23.6 Å². The Morgan fingerprint density at radius 3 is 2.90 bits per heavy atom. The molecular formula is C13H10F2N4OS. The maximum absolute atomic E-state index is 13.5. The molecule has 1 aromatic carbocycles. The van der Waals surface area contributed by atoms with Crippen molar-refractivity contribution in [3.63, 3.8) is 0 Å². The number of rotatable bonds is 4. The molecule has 0 amide bonds. The molecule has 2 heterocycles. The topological polar surface area (TPSA) is 73.1 Å². The van der Waals surface area contributed by atoms with Crippen LogP contribution < -0.4 is 16.0 Å². The number of thiophene rings is 1. The highest BCUT2D eigenvalue weighted by Crippen LogP contribution is 2.25. The molecule has 3 N–H and O–H groups in total. The predicted molar refractivity (Wildman–Crippen MR) is 75.9 cm³/mol. The molecule has 0 spiro atoms. The standard InChI is InChI=1S/C13H10F2N4OS/c14-8-2-1-3-9(11(8)15)20-6-10-17-12(19-16)7-4-5-21-13(7)18-10/h1-5H,6,16H2,(H,17,18,19). The van der Waals surface area contributed by atoms with E-state index in [4.69, 9.17) is 10.6 Å². The number of hydrogen-bond acceptors (Lipinski definition) is 6. The van der Waals surface area contributed by atoms with Crippen LogP contribution in [0.1, 0.15) is 5.82 Å². The second kappa shape index (κ2) is 5.58. The number of nitrogens with zero attached hydrogens (tertiary/aromatic N) is 2. The molecule has 0 aliphatic heterocycles. The summed E-state index contributed by atoms with van der Waals surface area (Å²) in [5.74, 6) is 4.00. The van der Waals surface area contributed by atoms with E-state index in [1.807, 2.05) is 11.4 Å².